The molecule has 0 aromatic carbocycles. The number of aliphatic hydroxyl groups excluding tert-OH is 1. The van der Waals surface area contributed by atoms with Gasteiger partial charge in [0.25, 0.3) is 0 Å². The topological polar surface area (TPSA) is 46.2 Å². The molecule has 0 aliphatic heterocycles. The van der Waals surface area contributed by atoms with Gasteiger partial charge in [0.1, 0.15) is 0 Å². The lowest BCUT2D eigenvalue weighted by molar-refractivity contribution is 0.341. The van der Waals surface area contributed by atoms with Crippen molar-refractivity contribution < 1.29 is 5.11 Å². The Morgan fingerprint density at radius 3 is 1.82 bits per heavy atom. The first-order valence-electron chi connectivity index (χ1n) is 9.68. The summed E-state index contributed by atoms with van der Waals surface area (Å²) < 4.78 is 0. The van der Waals surface area contributed by atoms with Crippen molar-refractivity contribution in [3.05, 3.63) is 18.2 Å². The van der Waals surface area contributed by atoms with Gasteiger partial charge < -0.3 is 10.8 Å². The van der Waals surface area contributed by atoms with Gasteiger partial charge in [-0.2, -0.15) is 0 Å². The predicted octanol–water partition coefficient (Wildman–Crippen LogP) is 5.90. The Hall–Kier alpha value is -0.500. The zero-order valence-electron chi connectivity index (χ0n) is 15.0. The molecule has 0 aromatic rings. The summed E-state index contributed by atoms with van der Waals surface area (Å²) in [7, 11) is 0. The van der Waals surface area contributed by atoms with E-state index in [4.69, 9.17) is 10.8 Å². The Bertz CT molecular complexity index is 238. The maximum absolute atomic E-state index is 8.70. The number of allylic oxidation sites excluding steroid dienone is 1. The van der Waals surface area contributed by atoms with E-state index in [0.717, 1.165) is 25.0 Å². The molecular weight excluding hydrogens is 270 g/mol. The second-order valence-corrected chi connectivity index (χ2v) is 6.47. The first kappa shape index (κ1) is 21.5. The number of nitrogens with two attached hydrogens (primary N) is 1. The fourth-order valence-corrected chi connectivity index (χ4v) is 2.77. The van der Waals surface area contributed by atoms with Crippen molar-refractivity contribution in [3.63, 3.8) is 0 Å². The van der Waals surface area contributed by atoms with Crippen LogP contribution in [0.3, 0.4) is 0 Å². The smallest absolute Gasteiger partial charge is 0.0631 e. The highest BCUT2D eigenvalue weighted by atomic mass is 16.2. The molecule has 0 heterocycles. The standard InChI is InChI=1S/C20H40NO/c1-2-3-4-5-6-7-8-9-10-11-12-13-14-15-16-17-20(21)18-19-22/h14,18,22H,2-13,15-17,19,21H2,1H3. The van der Waals surface area contributed by atoms with E-state index in [0.29, 0.717) is 0 Å². The van der Waals surface area contributed by atoms with E-state index in [9.17, 15) is 0 Å². The summed E-state index contributed by atoms with van der Waals surface area (Å²) in [6.45, 7) is 2.34. The lowest BCUT2D eigenvalue weighted by Gasteiger charge is -2.03. The van der Waals surface area contributed by atoms with Crippen LogP contribution in [-0.4, -0.2) is 11.7 Å². The molecule has 22 heavy (non-hydrogen) atoms. The van der Waals surface area contributed by atoms with Crippen LogP contribution in [0.2, 0.25) is 0 Å². The molecule has 0 spiro atoms. The minimum absolute atomic E-state index is 0.0638. The number of hydrogen-bond donors (Lipinski definition) is 2. The lowest BCUT2D eigenvalue weighted by Crippen LogP contribution is -1.98. The molecule has 0 aliphatic carbocycles. The molecule has 0 amide bonds. The van der Waals surface area contributed by atoms with Gasteiger partial charge >= 0.3 is 0 Å². The molecule has 0 bridgehead atoms. The Labute approximate surface area is 139 Å². The molecule has 0 unspecified atom stereocenters. The van der Waals surface area contributed by atoms with Crippen molar-refractivity contribution in [2.45, 2.75) is 103 Å². The van der Waals surface area contributed by atoms with Gasteiger partial charge in [-0.25, -0.2) is 0 Å². The maximum Gasteiger partial charge on any atom is 0.0631 e. The van der Waals surface area contributed by atoms with Crippen LogP contribution in [0, 0.1) is 6.42 Å². The summed E-state index contributed by atoms with van der Waals surface area (Å²) in [5, 5.41) is 8.70. The van der Waals surface area contributed by atoms with E-state index in [1.54, 1.807) is 6.08 Å². The predicted molar refractivity (Wildman–Crippen MR) is 98.6 cm³/mol. The van der Waals surface area contributed by atoms with Gasteiger partial charge in [-0.3, -0.25) is 0 Å². The highest BCUT2D eigenvalue weighted by molar-refractivity contribution is 4.95. The number of aliphatic hydroxyl groups is 1. The summed E-state index contributed by atoms with van der Waals surface area (Å²) in [6.07, 6.45) is 24.1. The Balaban J connectivity index is 3.04. The molecule has 2 heteroatoms. The summed E-state index contributed by atoms with van der Waals surface area (Å²) in [6, 6.07) is 0. The van der Waals surface area contributed by atoms with E-state index in [-0.39, 0.29) is 6.61 Å². The average Bonchev–Trinajstić information content (AvgIpc) is 2.51. The lowest BCUT2D eigenvalue weighted by atomic mass is 10.0. The van der Waals surface area contributed by atoms with Gasteiger partial charge in [0.15, 0.2) is 0 Å². The fraction of sp³-hybridized carbons (Fsp3) is 0.850. The van der Waals surface area contributed by atoms with Crippen LogP contribution in [0.5, 0.6) is 0 Å². The van der Waals surface area contributed by atoms with Crippen molar-refractivity contribution in [3.8, 4) is 0 Å². The third kappa shape index (κ3) is 17.6. The molecule has 131 valence electrons. The largest absolute Gasteiger partial charge is 0.402 e. The van der Waals surface area contributed by atoms with Crippen LogP contribution >= 0.6 is 0 Å². The van der Waals surface area contributed by atoms with Crippen LogP contribution in [0.1, 0.15) is 103 Å². The average molecular weight is 311 g/mol. The first-order chi connectivity index (χ1) is 10.8. The second kappa shape index (κ2) is 18.5. The monoisotopic (exact) mass is 310 g/mol. The molecule has 0 saturated heterocycles. The van der Waals surface area contributed by atoms with Crippen LogP contribution in [-0.2, 0) is 0 Å². The van der Waals surface area contributed by atoms with E-state index in [1.807, 2.05) is 0 Å². The van der Waals surface area contributed by atoms with Crippen molar-refractivity contribution in [2.75, 3.05) is 6.61 Å². The van der Waals surface area contributed by atoms with Crippen LogP contribution in [0.15, 0.2) is 11.8 Å². The van der Waals surface area contributed by atoms with Crippen molar-refractivity contribution in [1.29, 1.82) is 0 Å². The highest BCUT2D eigenvalue weighted by Gasteiger charge is 1.95. The van der Waals surface area contributed by atoms with Gasteiger partial charge in [0, 0.05) is 5.70 Å². The quantitative estimate of drug-likeness (QED) is 0.329. The van der Waals surface area contributed by atoms with Gasteiger partial charge in [-0.15, -0.1) is 0 Å². The molecule has 0 aliphatic rings. The van der Waals surface area contributed by atoms with Crippen molar-refractivity contribution >= 4 is 0 Å². The summed E-state index contributed by atoms with van der Waals surface area (Å²) in [5.41, 5.74) is 6.55. The molecule has 0 atom stereocenters. The van der Waals surface area contributed by atoms with Crippen LogP contribution in [0.4, 0.5) is 0 Å². The fourth-order valence-electron chi connectivity index (χ4n) is 2.77. The second-order valence-electron chi connectivity index (χ2n) is 6.47. The minimum Gasteiger partial charge on any atom is -0.402 e. The van der Waals surface area contributed by atoms with Gasteiger partial charge in [0.2, 0.25) is 0 Å². The highest BCUT2D eigenvalue weighted by Crippen LogP contribution is 2.13. The minimum atomic E-state index is 0.0638. The Morgan fingerprint density at radius 2 is 1.27 bits per heavy atom. The van der Waals surface area contributed by atoms with E-state index >= 15 is 0 Å². The van der Waals surface area contributed by atoms with E-state index in [2.05, 4.69) is 13.3 Å². The molecule has 0 rings (SSSR count). The first-order valence-corrected chi connectivity index (χ1v) is 9.68. The summed E-state index contributed by atoms with van der Waals surface area (Å²) in [5.74, 6) is 0. The maximum atomic E-state index is 8.70. The van der Waals surface area contributed by atoms with Crippen LogP contribution in [0.25, 0.3) is 0 Å². The zero-order chi connectivity index (χ0) is 16.3. The molecule has 1 radical (unpaired) electrons. The van der Waals surface area contributed by atoms with Gasteiger partial charge in [-0.1, -0.05) is 84.0 Å². The number of unbranched alkanes of at least 4 members (excludes halogenated alkanes) is 14. The number of rotatable bonds is 17. The normalized spacial score (nSPS) is 12.0. The summed E-state index contributed by atoms with van der Waals surface area (Å²) in [4.78, 5) is 0. The van der Waals surface area contributed by atoms with Crippen molar-refractivity contribution in [2.24, 2.45) is 5.73 Å². The molecule has 0 aromatic heterocycles. The molecule has 3 N–H and O–H groups in total. The zero-order valence-corrected chi connectivity index (χ0v) is 15.0. The van der Waals surface area contributed by atoms with Crippen molar-refractivity contribution in [1.82, 2.24) is 0 Å². The van der Waals surface area contributed by atoms with Crippen LogP contribution < -0.4 is 5.73 Å². The summed E-state index contributed by atoms with van der Waals surface area (Å²) >= 11 is 0. The third-order valence-electron chi connectivity index (χ3n) is 4.24. The molecular formula is C20H40NO. The number of hydrogen-bond acceptors (Lipinski definition) is 2. The Kier molecular flexibility index (Phi) is 18.1. The SMILES string of the molecule is CCCCCCCCCCCCC[CH]CCCC(N)=CCO. The molecule has 0 fully saturated rings. The molecule has 2 nitrogen and oxygen atoms in total. The Morgan fingerprint density at radius 1 is 0.773 bits per heavy atom. The van der Waals surface area contributed by atoms with Gasteiger partial charge in [-0.05, 0) is 31.8 Å². The van der Waals surface area contributed by atoms with E-state index < -0.39 is 0 Å². The van der Waals surface area contributed by atoms with Gasteiger partial charge in [0.05, 0.1) is 6.61 Å². The third-order valence-corrected chi connectivity index (χ3v) is 4.24. The molecule has 0 saturated carbocycles. The van der Waals surface area contributed by atoms with E-state index in [1.165, 1.54) is 77.0 Å².